The molecule has 0 N–H and O–H groups in total. The Morgan fingerprint density at radius 2 is 2.41 bits per heavy atom. The fraction of sp³-hybridized carbons (Fsp3) is 0.300. The van der Waals surface area contributed by atoms with Crippen LogP contribution in [0.4, 0.5) is 0 Å². The van der Waals surface area contributed by atoms with Gasteiger partial charge in [-0.3, -0.25) is 4.79 Å². The molecular weight excluding hydrogens is 220 g/mol. The van der Waals surface area contributed by atoms with Gasteiger partial charge < -0.3 is 4.90 Å². The number of amides is 1. The summed E-state index contributed by atoms with van der Waals surface area (Å²) < 4.78 is 1.49. The lowest BCUT2D eigenvalue weighted by Crippen LogP contribution is -2.28. The summed E-state index contributed by atoms with van der Waals surface area (Å²) >= 11 is 0. The number of rotatable bonds is 2. The summed E-state index contributed by atoms with van der Waals surface area (Å²) in [6.07, 6.45) is 1.60. The van der Waals surface area contributed by atoms with E-state index in [9.17, 15) is 4.79 Å². The van der Waals surface area contributed by atoms with E-state index >= 15 is 0 Å². The fourth-order valence-corrected chi connectivity index (χ4v) is 1.35. The fourth-order valence-electron chi connectivity index (χ4n) is 1.35. The van der Waals surface area contributed by atoms with Crippen molar-refractivity contribution in [1.82, 2.24) is 24.5 Å². The van der Waals surface area contributed by atoms with Gasteiger partial charge >= 0.3 is 0 Å². The lowest BCUT2D eigenvalue weighted by molar-refractivity contribution is 0.0800. The van der Waals surface area contributed by atoms with Gasteiger partial charge in [0.05, 0.1) is 6.07 Å². The van der Waals surface area contributed by atoms with Gasteiger partial charge in [-0.05, 0) is 13.0 Å². The topological polar surface area (TPSA) is 87.2 Å². The number of nitrogens with zero attached hydrogens (tertiary/aromatic N) is 6. The zero-order valence-corrected chi connectivity index (χ0v) is 9.45. The zero-order valence-electron chi connectivity index (χ0n) is 9.45. The van der Waals surface area contributed by atoms with Crippen LogP contribution in [0.15, 0.2) is 12.3 Å². The van der Waals surface area contributed by atoms with Gasteiger partial charge in [0, 0.05) is 18.9 Å². The van der Waals surface area contributed by atoms with Crippen molar-refractivity contribution in [1.29, 1.82) is 5.26 Å². The average Bonchev–Trinajstić information content (AvgIpc) is 2.73. The van der Waals surface area contributed by atoms with Crippen LogP contribution in [-0.2, 0) is 0 Å². The van der Waals surface area contributed by atoms with E-state index in [4.69, 9.17) is 5.26 Å². The molecule has 7 nitrogen and oxygen atoms in total. The molecule has 2 aromatic heterocycles. The van der Waals surface area contributed by atoms with Crippen LogP contribution in [0.1, 0.15) is 16.3 Å². The van der Waals surface area contributed by atoms with E-state index in [0.717, 1.165) is 5.69 Å². The van der Waals surface area contributed by atoms with Gasteiger partial charge in [0.1, 0.15) is 6.54 Å². The molecule has 0 spiro atoms. The molecule has 0 saturated carbocycles. The maximum Gasteiger partial charge on any atom is 0.294 e. The van der Waals surface area contributed by atoms with E-state index in [1.165, 1.54) is 16.5 Å². The summed E-state index contributed by atoms with van der Waals surface area (Å²) in [6, 6.07) is 3.66. The molecule has 0 aliphatic rings. The van der Waals surface area contributed by atoms with Crippen molar-refractivity contribution in [2.24, 2.45) is 0 Å². The Hall–Kier alpha value is -2.49. The summed E-state index contributed by atoms with van der Waals surface area (Å²) in [6.45, 7) is 1.84. The molecule has 0 atom stereocenters. The van der Waals surface area contributed by atoms with E-state index < -0.39 is 5.91 Å². The lowest BCUT2D eigenvalue weighted by atomic mass is 10.5. The predicted octanol–water partition coefficient (Wildman–Crippen LogP) is 0.0283. The van der Waals surface area contributed by atoms with E-state index in [1.807, 2.05) is 13.0 Å². The van der Waals surface area contributed by atoms with Crippen LogP contribution in [0.25, 0.3) is 5.78 Å². The van der Waals surface area contributed by atoms with Crippen molar-refractivity contribution in [3.8, 4) is 6.07 Å². The summed E-state index contributed by atoms with van der Waals surface area (Å²) in [5, 5.41) is 12.6. The highest BCUT2D eigenvalue weighted by Crippen LogP contribution is 2.03. The van der Waals surface area contributed by atoms with Crippen LogP contribution in [0.2, 0.25) is 0 Å². The molecule has 0 radical (unpaired) electrons. The Balaban J connectivity index is 2.41. The number of carbonyl (C=O) groups is 1. The minimum absolute atomic E-state index is 0.000790. The van der Waals surface area contributed by atoms with Gasteiger partial charge in [0.2, 0.25) is 5.82 Å². The van der Waals surface area contributed by atoms with E-state index in [-0.39, 0.29) is 12.4 Å². The van der Waals surface area contributed by atoms with Gasteiger partial charge in [-0.2, -0.15) is 10.2 Å². The van der Waals surface area contributed by atoms with E-state index in [1.54, 1.807) is 12.3 Å². The molecule has 2 aromatic rings. The van der Waals surface area contributed by atoms with Gasteiger partial charge in [-0.25, -0.2) is 9.50 Å². The highest BCUT2D eigenvalue weighted by Gasteiger charge is 2.17. The zero-order chi connectivity index (χ0) is 12.4. The lowest BCUT2D eigenvalue weighted by Gasteiger charge is -2.08. The SMILES string of the molecule is Cc1ccnc2nc(C(=O)N(C)CC#N)nn12. The monoisotopic (exact) mass is 230 g/mol. The maximum atomic E-state index is 11.8. The number of carbonyl (C=O) groups excluding carboxylic acids is 1. The van der Waals surface area contributed by atoms with Crippen molar-refractivity contribution < 1.29 is 4.79 Å². The van der Waals surface area contributed by atoms with Crippen LogP contribution in [0.3, 0.4) is 0 Å². The number of hydrogen-bond acceptors (Lipinski definition) is 5. The van der Waals surface area contributed by atoms with E-state index in [0.29, 0.717) is 5.78 Å². The third-order valence-corrected chi connectivity index (χ3v) is 2.28. The molecule has 0 aromatic carbocycles. The van der Waals surface area contributed by atoms with Gasteiger partial charge in [-0.15, -0.1) is 5.10 Å². The molecule has 0 aliphatic carbocycles. The van der Waals surface area contributed by atoms with Crippen LogP contribution in [0.5, 0.6) is 0 Å². The number of fused-ring (bicyclic) bond motifs is 1. The Kier molecular flexibility index (Phi) is 2.70. The summed E-state index contributed by atoms with van der Waals surface area (Å²) in [5.74, 6) is 0.0275. The molecule has 0 bridgehead atoms. The average molecular weight is 230 g/mol. The third-order valence-electron chi connectivity index (χ3n) is 2.28. The third kappa shape index (κ3) is 1.92. The molecular formula is C10H10N6O. The Bertz CT molecular complexity index is 611. The second-order valence-corrected chi connectivity index (χ2v) is 3.55. The Morgan fingerprint density at radius 1 is 1.65 bits per heavy atom. The molecule has 2 heterocycles. The smallest absolute Gasteiger partial charge is 0.294 e. The first kappa shape index (κ1) is 11.0. The van der Waals surface area contributed by atoms with Crippen molar-refractivity contribution in [2.75, 3.05) is 13.6 Å². The van der Waals surface area contributed by atoms with Gasteiger partial charge in [-0.1, -0.05) is 0 Å². The summed E-state index contributed by atoms with van der Waals surface area (Å²) in [4.78, 5) is 21.1. The summed E-state index contributed by atoms with van der Waals surface area (Å²) in [5.41, 5.74) is 0.837. The molecule has 1 amide bonds. The van der Waals surface area contributed by atoms with Gasteiger partial charge in [0.25, 0.3) is 11.7 Å². The quantitative estimate of drug-likeness (QED) is 0.679. The minimum Gasteiger partial charge on any atom is -0.326 e. The molecule has 0 saturated heterocycles. The van der Waals surface area contributed by atoms with Crippen LogP contribution >= 0.6 is 0 Å². The first-order valence-electron chi connectivity index (χ1n) is 4.94. The molecule has 2 rings (SSSR count). The van der Waals surface area contributed by atoms with Crippen molar-refractivity contribution in [3.05, 3.63) is 23.8 Å². The predicted molar refractivity (Wildman–Crippen MR) is 58.1 cm³/mol. The number of aromatic nitrogens is 4. The molecule has 0 fully saturated rings. The van der Waals surface area contributed by atoms with E-state index in [2.05, 4.69) is 15.1 Å². The second kappa shape index (κ2) is 4.17. The summed E-state index contributed by atoms with van der Waals surface area (Å²) in [7, 11) is 1.53. The highest BCUT2D eigenvalue weighted by atomic mass is 16.2. The number of nitriles is 1. The van der Waals surface area contributed by atoms with Gasteiger partial charge in [0.15, 0.2) is 0 Å². The maximum absolute atomic E-state index is 11.8. The van der Waals surface area contributed by atoms with Crippen LogP contribution in [0, 0.1) is 18.3 Å². The molecule has 0 aliphatic heterocycles. The largest absolute Gasteiger partial charge is 0.326 e. The molecule has 7 heteroatoms. The van der Waals surface area contributed by atoms with Crippen molar-refractivity contribution >= 4 is 11.7 Å². The minimum atomic E-state index is -0.392. The molecule has 86 valence electrons. The second-order valence-electron chi connectivity index (χ2n) is 3.55. The molecule has 0 unspecified atom stereocenters. The molecule has 17 heavy (non-hydrogen) atoms. The van der Waals surface area contributed by atoms with Crippen molar-refractivity contribution in [2.45, 2.75) is 6.92 Å². The number of aryl methyl sites for hydroxylation is 1. The van der Waals surface area contributed by atoms with Crippen LogP contribution in [-0.4, -0.2) is 44.0 Å². The van der Waals surface area contributed by atoms with Crippen molar-refractivity contribution in [3.63, 3.8) is 0 Å². The first-order valence-corrected chi connectivity index (χ1v) is 4.94. The standard InChI is InChI=1S/C10H10N6O/c1-7-3-5-12-10-13-8(14-16(7)10)9(17)15(2)6-4-11/h3,5H,6H2,1-2H3. The Morgan fingerprint density at radius 3 is 3.06 bits per heavy atom. The normalized spacial score (nSPS) is 10.2. The first-order chi connectivity index (χ1) is 8.13. The highest BCUT2D eigenvalue weighted by molar-refractivity contribution is 5.90. The Labute approximate surface area is 97.3 Å². The van der Waals surface area contributed by atoms with Crippen LogP contribution < -0.4 is 0 Å². The number of hydrogen-bond donors (Lipinski definition) is 0.